The number of anilines is 1. The molecule has 2 N–H and O–H groups in total. The van der Waals surface area contributed by atoms with Crippen LogP contribution in [-0.2, 0) is 14.3 Å². The molecule has 126 valence electrons. The molecule has 5 nitrogen and oxygen atoms in total. The van der Waals surface area contributed by atoms with Gasteiger partial charge in [0.2, 0.25) is 5.91 Å². The van der Waals surface area contributed by atoms with Crippen LogP contribution in [0.4, 0.5) is 18.9 Å². The summed E-state index contributed by atoms with van der Waals surface area (Å²) in [7, 11) is 0. The lowest BCUT2D eigenvalue weighted by molar-refractivity contribution is -0.203. The number of rotatable bonds is 6. The summed E-state index contributed by atoms with van der Waals surface area (Å²) in [6, 6.07) is 7.57. The van der Waals surface area contributed by atoms with E-state index < -0.39 is 31.7 Å². The van der Waals surface area contributed by atoms with Gasteiger partial charge < -0.3 is 20.1 Å². The standard InChI is InChI=1S/C15H17F3N2O3/c16-15(17,18)5-6-22-8-12(21)20-10-3-1-9(2-4-10)14-13-11(23-14)7-19-13/h1-4,11,13-14,19H,5-8H2,(H,20,21)/t11-,13?,14-/m0/s1. The molecule has 2 fully saturated rings. The van der Waals surface area contributed by atoms with Crippen LogP contribution in [0, 0.1) is 0 Å². The molecular weight excluding hydrogens is 313 g/mol. The van der Waals surface area contributed by atoms with E-state index in [2.05, 4.69) is 10.6 Å². The van der Waals surface area contributed by atoms with Crippen LogP contribution in [-0.4, -0.2) is 44.0 Å². The second-order valence-corrected chi connectivity index (χ2v) is 5.62. The van der Waals surface area contributed by atoms with E-state index in [4.69, 9.17) is 9.47 Å². The van der Waals surface area contributed by atoms with E-state index in [1.807, 2.05) is 12.1 Å². The monoisotopic (exact) mass is 330 g/mol. The maximum atomic E-state index is 11.9. The second-order valence-electron chi connectivity index (χ2n) is 5.62. The third-order valence-electron chi connectivity index (χ3n) is 3.89. The van der Waals surface area contributed by atoms with Gasteiger partial charge in [0, 0.05) is 12.2 Å². The first-order valence-electron chi connectivity index (χ1n) is 7.35. The lowest BCUT2D eigenvalue weighted by Gasteiger charge is -2.53. The van der Waals surface area contributed by atoms with Crippen molar-refractivity contribution in [2.45, 2.75) is 30.8 Å². The van der Waals surface area contributed by atoms with Gasteiger partial charge in [0.25, 0.3) is 0 Å². The Bertz CT molecular complexity index is 562. The first-order chi connectivity index (χ1) is 10.9. The van der Waals surface area contributed by atoms with Gasteiger partial charge in [0.15, 0.2) is 0 Å². The highest BCUT2D eigenvalue weighted by Crippen LogP contribution is 2.39. The number of alkyl halides is 3. The van der Waals surface area contributed by atoms with Crippen molar-refractivity contribution in [3.05, 3.63) is 29.8 Å². The minimum absolute atomic E-state index is 0.0456. The molecule has 3 rings (SSSR count). The third-order valence-corrected chi connectivity index (χ3v) is 3.89. The molecule has 23 heavy (non-hydrogen) atoms. The van der Waals surface area contributed by atoms with Gasteiger partial charge in [0.05, 0.1) is 25.2 Å². The zero-order chi connectivity index (χ0) is 16.4. The zero-order valence-electron chi connectivity index (χ0n) is 12.2. The number of benzene rings is 1. The van der Waals surface area contributed by atoms with E-state index in [0.29, 0.717) is 17.8 Å². The fraction of sp³-hybridized carbons (Fsp3) is 0.533. The van der Waals surface area contributed by atoms with E-state index in [1.165, 1.54) is 0 Å². The second kappa shape index (κ2) is 6.46. The molecule has 2 saturated heterocycles. The number of carbonyl (C=O) groups is 1. The van der Waals surface area contributed by atoms with Crippen molar-refractivity contribution in [2.24, 2.45) is 0 Å². The molecule has 2 heterocycles. The van der Waals surface area contributed by atoms with Crippen molar-refractivity contribution < 1.29 is 27.4 Å². The molecule has 1 aromatic rings. The molecule has 8 heteroatoms. The van der Waals surface area contributed by atoms with Gasteiger partial charge in [-0.1, -0.05) is 12.1 Å². The number of carbonyl (C=O) groups excluding carboxylic acids is 1. The predicted molar refractivity (Wildman–Crippen MR) is 76.0 cm³/mol. The number of fused-ring (bicyclic) bond motifs is 1. The first-order valence-corrected chi connectivity index (χ1v) is 7.35. The Labute approximate surface area is 131 Å². The predicted octanol–water partition coefficient (Wildman–Crippen LogP) is 2.01. The molecular formula is C15H17F3N2O3. The first kappa shape index (κ1) is 16.2. The minimum Gasteiger partial charge on any atom is -0.371 e. The van der Waals surface area contributed by atoms with E-state index in [-0.39, 0.29) is 6.10 Å². The Kier molecular flexibility index (Phi) is 4.56. The molecule has 2 aliphatic rings. The Hall–Kier alpha value is -1.64. The highest BCUT2D eigenvalue weighted by molar-refractivity contribution is 5.91. The number of morpholine rings is 1. The van der Waals surface area contributed by atoms with Crippen molar-refractivity contribution in [3.8, 4) is 0 Å². The molecule has 0 radical (unpaired) electrons. The van der Waals surface area contributed by atoms with Crippen LogP contribution in [0.5, 0.6) is 0 Å². The summed E-state index contributed by atoms with van der Waals surface area (Å²) in [6.45, 7) is -0.0364. The summed E-state index contributed by atoms with van der Waals surface area (Å²) in [5, 5.41) is 5.86. The van der Waals surface area contributed by atoms with Gasteiger partial charge in [-0.2, -0.15) is 13.2 Å². The van der Waals surface area contributed by atoms with Crippen molar-refractivity contribution in [1.82, 2.24) is 5.32 Å². The molecule has 2 aliphatic heterocycles. The average molecular weight is 330 g/mol. The third kappa shape index (κ3) is 4.01. The summed E-state index contributed by atoms with van der Waals surface area (Å²) in [6.07, 6.45) is -4.98. The molecule has 0 bridgehead atoms. The fourth-order valence-electron chi connectivity index (χ4n) is 2.56. The molecule has 0 spiro atoms. The van der Waals surface area contributed by atoms with Gasteiger partial charge in [-0.3, -0.25) is 4.79 Å². The average Bonchev–Trinajstić information content (AvgIpc) is 2.47. The van der Waals surface area contributed by atoms with Crippen LogP contribution < -0.4 is 10.6 Å². The molecule has 1 unspecified atom stereocenters. The number of hydrogen-bond donors (Lipinski definition) is 2. The maximum Gasteiger partial charge on any atom is 0.391 e. The summed E-state index contributed by atoms with van der Waals surface area (Å²) in [5.74, 6) is -0.486. The largest absolute Gasteiger partial charge is 0.391 e. The molecule has 0 saturated carbocycles. The van der Waals surface area contributed by atoms with Crippen LogP contribution in [0.3, 0.4) is 0 Å². The van der Waals surface area contributed by atoms with Crippen LogP contribution in [0.1, 0.15) is 18.1 Å². The minimum atomic E-state index is -4.27. The highest BCUT2D eigenvalue weighted by atomic mass is 19.4. The molecule has 3 atom stereocenters. The van der Waals surface area contributed by atoms with Crippen LogP contribution >= 0.6 is 0 Å². The van der Waals surface area contributed by atoms with E-state index in [0.717, 1.165) is 12.1 Å². The smallest absolute Gasteiger partial charge is 0.371 e. The number of hydrogen-bond acceptors (Lipinski definition) is 4. The number of nitrogens with one attached hydrogen (secondary N) is 2. The Morgan fingerprint density at radius 1 is 1.35 bits per heavy atom. The molecule has 0 aromatic heterocycles. The number of amides is 1. The van der Waals surface area contributed by atoms with E-state index >= 15 is 0 Å². The number of ether oxygens (including phenoxy) is 2. The van der Waals surface area contributed by atoms with Crippen molar-refractivity contribution in [2.75, 3.05) is 25.1 Å². The van der Waals surface area contributed by atoms with Crippen molar-refractivity contribution in [3.63, 3.8) is 0 Å². The zero-order valence-corrected chi connectivity index (χ0v) is 12.2. The quantitative estimate of drug-likeness (QED) is 0.784. The Morgan fingerprint density at radius 2 is 2.09 bits per heavy atom. The fourth-order valence-corrected chi connectivity index (χ4v) is 2.56. The summed E-state index contributed by atoms with van der Waals surface area (Å²) in [5.41, 5.74) is 1.59. The van der Waals surface area contributed by atoms with Crippen molar-refractivity contribution in [1.29, 1.82) is 0 Å². The Balaban J connectivity index is 1.40. The Morgan fingerprint density at radius 3 is 2.61 bits per heavy atom. The highest BCUT2D eigenvalue weighted by Gasteiger charge is 2.49. The maximum absolute atomic E-state index is 11.9. The van der Waals surface area contributed by atoms with Gasteiger partial charge >= 0.3 is 6.18 Å². The van der Waals surface area contributed by atoms with E-state index in [9.17, 15) is 18.0 Å². The van der Waals surface area contributed by atoms with Gasteiger partial charge in [0.1, 0.15) is 12.7 Å². The van der Waals surface area contributed by atoms with Gasteiger partial charge in [-0.15, -0.1) is 0 Å². The van der Waals surface area contributed by atoms with Crippen LogP contribution in [0.15, 0.2) is 24.3 Å². The van der Waals surface area contributed by atoms with Crippen molar-refractivity contribution >= 4 is 11.6 Å². The normalized spacial score (nSPS) is 26.0. The summed E-state index contributed by atoms with van der Waals surface area (Å²) in [4.78, 5) is 11.6. The lowest BCUT2D eigenvalue weighted by Crippen LogP contribution is -2.69. The van der Waals surface area contributed by atoms with E-state index in [1.54, 1.807) is 12.1 Å². The number of halogens is 3. The topological polar surface area (TPSA) is 59.6 Å². The summed E-state index contributed by atoms with van der Waals surface area (Å²) < 4.78 is 46.2. The SMILES string of the molecule is O=C(COCCC(F)(F)F)Nc1ccc([C@@H]2O[C@H]3CNC32)cc1. The molecule has 1 aromatic carbocycles. The lowest BCUT2D eigenvalue weighted by atomic mass is 9.86. The van der Waals surface area contributed by atoms with Crippen LogP contribution in [0.2, 0.25) is 0 Å². The van der Waals surface area contributed by atoms with Gasteiger partial charge in [-0.25, -0.2) is 0 Å². The summed E-state index contributed by atoms with van der Waals surface area (Å²) >= 11 is 0. The van der Waals surface area contributed by atoms with Gasteiger partial charge in [-0.05, 0) is 17.7 Å². The molecule has 1 amide bonds. The van der Waals surface area contributed by atoms with Crippen LogP contribution in [0.25, 0.3) is 0 Å². The molecule has 0 aliphatic carbocycles.